The normalized spacial score (nSPS) is 39.5. The molecular weight excluding hydrogens is 227 g/mol. The minimum Gasteiger partial charge on any atom is -0.403 e. The van der Waals surface area contributed by atoms with Gasteiger partial charge in [0.25, 0.3) is 0 Å². The highest BCUT2D eigenvalue weighted by Gasteiger charge is 2.50. The molecule has 0 radical (unpaired) electrons. The summed E-state index contributed by atoms with van der Waals surface area (Å²) in [5.41, 5.74) is -0.256. The molecule has 1 fully saturated rings. The molecule has 1 nitrogen and oxygen atoms in total. The molecule has 0 aliphatic carbocycles. The van der Waals surface area contributed by atoms with Crippen LogP contribution in [0.3, 0.4) is 0 Å². The monoisotopic (exact) mass is 242 g/mol. The highest BCUT2D eigenvalue weighted by Crippen LogP contribution is 2.37. The Bertz CT molecular complexity index is 164. The van der Waals surface area contributed by atoms with Crippen molar-refractivity contribution >= 4 is 38.6 Å². The molecule has 1 aliphatic rings. The van der Waals surface area contributed by atoms with E-state index in [1.54, 1.807) is 0 Å². The molecule has 5 heteroatoms. The maximum Gasteiger partial charge on any atom is 0.175 e. The minimum atomic E-state index is -1.50. The fraction of sp³-hybridized carbons (Fsp3) is 1.00. The zero-order valence-corrected chi connectivity index (χ0v) is 11.5. The molecule has 0 aromatic heterocycles. The van der Waals surface area contributed by atoms with Gasteiger partial charge >= 0.3 is 0 Å². The summed E-state index contributed by atoms with van der Waals surface area (Å²) in [6.07, 6.45) is 0. The molecule has 2 atom stereocenters. The minimum absolute atomic E-state index is 0.0221. The van der Waals surface area contributed by atoms with Crippen molar-refractivity contribution in [1.29, 1.82) is 0 Å². The fourth-order valence-electron chi connectivity index (χ4n) is 1.34. The number of rotatable bonds is 0. The number of hydrogen-bond acceptors (Lipinski definition) is 1. The zero-order valence-electron chi connectivity index (χ0n) is 8.03. The van der Waals surface area contributed by atoms with Crippen molar-refractivity contribution in [3.05, 3.63) is 0 Å². The van der Waals surface area contributed by atoms with E-state index in [1.165, 1.54) is 0 Å². The van der Waals surface area contributed by atoms with Crippen LogP contribution in [0.25, 0.3) is 0 Å². The van der Waals surface area contributed by atoms with Crippen LogP contribution < -0.4 is 0 Å². The van der Waals surface area contributed by atoms with Crippen LogP contribution in [-0.4, -0.2) is 26.4 Å². The van der Waals surface area contributed by atoms with Crippen LogP contribution in [0.4, 0.5) is 0 Å². The van der Waals surface area contributed by atoms with Crippen molar-refractivity contribution < 1.29 is 4.43 Å². The van der Waals surface area contributed by atoms with Gasteiger partial charge in [-0.05, 0) is 19.1 Å². The summed E-state index contributed by atoms with van der Waals surface area (Å²) >= 11 is 12.1. The quantitative estimate of drug-likeness (QED) is 0.469. The lowest BCUT2D eigenvalue weighted by Crippen LogP contribution is -2.63. The second-order valence-electron chi connectivity index (χ2n) is 4.58. The predicted octanol–water partition coefficient (Wildman–Crippen LogP) is 3.18. The van der Waals surface area contributed by atoms with Gasteiger partial charge in [-0.2, -0.15) is 0 Å². The van der Waals surface area contributed by atoms with Gasteiger partial charge in [0.2, 0.25) is 0 Å². The Labute approximate surface area is 86.3 Å². The molecular formula is C7H16Cl2OSi2. The van der Waals surface area contributed by atoms with Gasteiger partial charge in [0.1, 0.15) is 5.56 Å². The second-order valence-corrected chi connectivity index (χ2v) is 20.7. The third-order valence-corrected chi connectivity index (χ3v) is 20.6. The van der Waals surface area contributed by atoms with Gasteiger partial charge in [0, 0.05) is 0 Å². The number of halogens is 2. The van der Waals surface area contributed by atoms with Crippen molar-refractivity contribution in [3.8, 4) is 0 Å². The molecule has 2 unspecified atom stereocenters. The highest BCUT2D eigenvalue weighted by molar-refractivity contribution is 7.38. The van der Waals surface area contributed by atoms with E-state index in [0.717, 1.165) is 6.04 Å². The van der Waals surface area contributed by atoms with Crippen LogP contribution in [0.1, 0.15) is 0 Å². The van der Waals surface area contributed by atoms with Gasteiger partial charge in [-0.1, -0.05) is 24.7 Å². The molecule has 1 heterocycles. The van der Waals surface area contributed by atoms with Crippen LogP contribution in [-0.2, 0) is 4.43 Å². The molecule has 0 aromatic rings. The first-order chi connectivity index (χ1) is 5.26. The first-order valence-corrected chi connectivity index (χ1v) is 12.2. The molecule has 1 saturated heterocycles. The van der Waals surface area contributed by atoms with E-state index >= 15 is 0 Å². The molecule has 0 bridgehead atoms. The third-order valence-electron chi connectivity index (χ3n) is 3.03. The van der Waals surface area contributed by atoms with Crippen molar-refractivity contribution in [2.24, 2.45) is 0 Å². The Morgan fingerprint density at radius 1 is 1.17 bits per heavy atom. The van der Waals surface area contributed by atoms with Crippen LogP contribution in [0.15, 0.2) is 0 Å². The van der Waals surface area contributed by atoms with E-state index < -0.39 is 15.4 Å². The summed E-state index contributed by atoms with van der Waals surface area (Å²) < 4.78 is 5.84. The second kappa shape index (κ2) is 3.28. The smallest absolute Gasteiger partial charge is 0.175 e. The van der Waals surface area contributed by atoms with Crippen molar-refractivity contribution in [2.75, 3.05) is 0 Å². The van der Waals surface area contributed by atoms with E-state index in [4.69, 9.17) is 27.6 Å². The van der Waals surface area contributed by atoms with E-state index in [9.17, 15) is 0 Å². The molecule has 72 valence electrons. The molecule has 0 spiro atoms. The lowest BCUT2D eigenvalue weighted by molar-refractivity contribution is 0.270. The van der Waals surface area contributed by atoms with Crippen LogP contribution in [0, 0.1) is 0 Å². The van der Waals surface area contributed by atoms with E-state index in [-0.39, 0.29) is 10.9 Å². The van der Waals surface area contributed by atoms with Gasteiger partial charge in [-0.25, -0.2) is 0 Å². The Kier molecular flexibility index (Phi) is 3.02. The molecule has 12 heavy (non-hydrogen) atoms. The summed E-state index contributed by atoms with van der Waals surface area (Å²) in [6, 6.07) is 1.10. The van der Waals surface area contributed by atoms with Crippen LogP contribution >= 0.6 is 23.2 Å². The molecule has 1 rings (SSSR count). The molecule has 0 saturated carbocycles. The predicted molar refractivity (Wildman–Crippen MR) is 60.1 cm³/mol. The molecule has 1 aliphatic heterocycles. The van der Waals surface area contributed by atoms with Crippen molar-refractivity contribution in [1.82, 2.24) is 0 Å². The highest BCUT2D eigenvalue weighted by atomic mass is 35.5. The maximum atomic E-state index is 6.08. The Morgan fingerprint density at radius 2 is 1.67 bits per heavy atom. The Balaban J connectivity index is 2.80. The average Bonchev–Trinajstić information content (AvgIpc) is 1.82. The lowest BCUT2D eigenvalue weighted by Gasteiger charge is -2.45. The third kappa shape index (κ3) is 1.90. The number of hydrogen-bond donors (Lipinski definition) is 0. The molecule has 0 aromatic carbocycles. The summed E-state index contributed by atoms with van der Waals surface area (Å²) in [6.45, 7) is 9.24. The standard InChI is InChI=1S/C7H16Cl2OSi2/c1-11(2)5-6(8)7(9)10-12(11,3)4/h6-7H,5H2,1-4H3. The summed E-state index contributed by atoms with van der Waals surface area (Å²) in [7, 11) is -2.72. The van der Waals surface area contributed by atoms with E-state index in [1.807, 2.05) is 0 Å². The first-order valence-electron chi connectivity index (χ1n) is 4.22. The van der Waals surface area contributed by atoms with E-state index in [0.29, 0.717) is 0 Å². The molecule has 0 amide bonds. The maximum absolute atomic E-state index is 6.08. The molecule has 0 N–H and O–H groups in total. The Hall–Kier alpha value is 0.974. The fourth-order valence-corrected chi connectivity index (χ4v) is 10.4. The van der Waals surface area contributed by atoms with Crippen LogP contribution in [0.5, 0.6) is 0 Å². The van der Waals surface area contributed by atoms with Gasteiger partial charge in [0.05, 0.1) is 13.0 Å². The largest absolute Gasteiger partial charge is 0.403 e. The lowest BCUT2D eigenvalue weighted by atomic mass is 10.5. The summed E-state index contributed by atoms with van der Waals surface area (Å²) in [5.74, 6) is 0. The van der Waals surface area contributed by atoms with Gasteiger partial charge in [0.15, 0.2) is 7.83 Å². The van der Waals surface area contributed by atoms with Crippen molar-refractivity contribution in [3.63, 3.8) is 0 Å². The van der Waals surface area contributed by atoms with Crippen molar-refractivity contribution in [2.45, 2.75) is 43.2 Å². The SMILES string of the molecule is C[Si]1(C)CC(Cl)C(Cl)O[Si]1(C)C. The average molecular weight is 243 g/mol. The topological polar surface area (TPSA) is 9.23 Å². The first kappa shape index (κ1) is 11.1. The van der Waals surface area contributed by atoms with Gasteiger partial charge < -0.3 is 4.43 Å². The van der Waals surface area contributed by atoms with E-state index in [2.05, 4.69) is 26.2 Å². The zero-order chi connectivity index (χ0) is 9.57. The van der Waals surface area contributed by atoms with Gasteiger partial charge in [-0.3, -0.25) is 0 Å². The summed E-state index contributed by atoms with van der Waals surface area (Å²) in [5, 5.41) is 0.0221. The number of alkyl halides is 2. The van der Waals surface area contributed by atoms with Gasteiger partial charge in [-0.15, -0.1) is 11.6 Å². The Morgan fingerprint density at radius 3 is 2.08 bits per heavy atom. The van der Waals surface area contributed by atoms with Crippen LogP contribution in [0.2, 0.25) is 32.2 Å². The summed E-state index contributed by atoms with van der Waals surface area (Å²) in [4.78, 5) is 0.